The summed E-state index contributed by atoms with van der Waals surface area (Å²) >= 11 is 0. The maximum Gasteiger partial charge on any atom is 0.338 e. The van der Waals surface area contributed by atoms with Gasteiger partial charge in [0.15, 0.2) is 11.5 Å². The minimum atomic E-state index is -0.549. The molecule has 0 saturated carbocycles. The lowest BCUT2D eigenvalue weighted by Gasteiger charge is -2.26. The minimum absolute atomic E-state index is 0.00952. The van der Waals surface area contributed by atoms with E-state index >= 15 is 0 Å². The predicted octanol–water partition coefficient (Wildman–Crippen LogP) is 3.98. The molecule has 9 nitrogen and oxygen atoms in total. The highest BCUT2D eigenvalue weighted by Gasteiger charge is 2.30. The van der Waals surface area contributed by atoms with E-state index in [1.807, 2.05) is 23.1 Å². The van der Waals surface area contributed by atoms with E-state index in [1.54, 1.807) is 26.0 Å². The van der Waals surface area contributed by atoms with Crippen LogP contribution in [0.1, 0.15) is 65.4 Å². The number of carbonyl (C=O) groups excluding carboxylic acids is 3. The van der Waals surface area contributed by atoms with Crippen molar-refractivity contribution in [2.45, 2.75) is 39.2 Å². The van der Waals surface area contributed by atoms with Crippen molar-refractivity contribution in [3.8, 4) is 11.5 Å². The van der Waals surface area contributed by atoms with Crippen molar-refractivity contribution in [3.63, 3.8) is 0 Å². The zero-order chi connectivity index (χ0) is 25.5. The van der Waals surface area contributed by atoms with Gasteiger partial charge in [-0.15, -0.1) is 0 Å². The van der Waals surface area contributed by atoms with E-state index in [0.29, 0.717) is 31.2 Å². The van der Waals surface area contributed by atoms with E-state index < -0.39 is 11.9 Å². The molecule has 0 spiro atoms. The molecule has 1 N–H and O–H groups in total. The normalized spacial score (nSPS) is 16.7. The van der Waals surface area contributed by atoms with Crippen LogP contribution in [0, 0.1) is 0 Å². The Labute approximate surface area is 210 Å². The molecule has 4 rings (SSSR count). The summed E-state index contributed by atoms with van der Waals surface area (Å²) in [6.45, 7) is 5.72. The summed E-state index contributed by atoms with van der Waals surface area (Å²) in [7, 11) is 0. The summed E-state index contributed by atoms with van der Waals surface area (Å²) in [4.78, 5) is 39.7. The van der Waals surface area contributed by atoms with Crippen molar-refractivity contribution in [2.24, 2.45) is 0 Å². The van der Waals surface area contributed by atoms with Gasteiger partial charge in [0.1, 0.15) is 0 Å². The monoisotopic (exact) mass is 496 g/mol. The molecule has 2 aromatic carbocycles. The van der Waals surface area contributed by atoms with E-state index in [9.17, 15) is 14.4 Å². The maximum atomic E-state index is 13.2. The van der Waals surface area contributed by atoms with Gasteiger partial charge in [0.2, 0.25) is 5.91 Å². The SMILES string of the molecule is CCOC(=O)c1cc(NCC(=O)N2CCCC2c2ccc3c(c2)OCCCO3)cc(C(=O)OCC)c1. The lowest BCUT2D eigenvalue weighted by atomic mass is 10.0. The molecular weight excluding hydrogens is 464 g/mol. The van der Waals surface area contributed by atoms with Crippen LogP contribution in [-0.2, 0) is 14.3 Å². The quantitative estimate of drug-likeness (QED) is 0.548. The highest BCUT2D eigenvalue weighted by molar-refractivity contribution is 5.97. The lowest BCUT2D eigenvalue weighted by molar-refractivity contribution is -0.130. The molecule has 2 aromatic rings. The fourth-order valence-corrected chi connectivity index (χ4v) is 4.47. The summed E-state index contributed by atoms with van der Waals surface area (Å²) in [5.74, 6) is 0.264. The zero-order valence-corrected chi connectivity index (χ0v) is 20.7. The number of hydrogen-bond acceptors (Lipinski definition) is 8. The Morgan fingerprint density at radius 1 is 0.917 bits per heavy atom. The van der Waals surface area contributed by atoms with Gasteiger partial charge < -0.3 is 29.2 Å². The van der Waals surface area contributed by atoms with Gasteiger partial charge in [-0.05, 0) is 62.6 Å². The third-order valence-corrected chi connectivity index (χ3v) is 6.13. The van der Waals surface area contributed by atoms with Crippen molar-refractivity contribution >= 4 is 23.5 Å². The van der Waals surface area contributed by atoms with Crippen LogP contribution >= 0.6 is 0 Å². The van der Waals surface area contributed by atoms with Crippen molar-refractivity contribution < 1.29 is 33.3 Å². The van der Waals surface area contributed by atoms with Crippen LogP contribution in [0.5, 0.6) is 11.5 Å². The second kappa shape index (κ2) is 11.8. The standard InChI is InChI=1S/C27H32N2O7/c1-3-33-26(31)19-13-20(27(32)34-4-2)15-21(14-19)28-17-25(30)29-10-5-7-22(29)18-8-9-23-24(16-18)36-12-6-11-35-23/h8-9,13-16,22,28H,3-7,10-12,17H2,1-2H3. The number of anilines is 1. The number of benzene rings is 2. The lowest BCUT2D eigenvalue weighted by Crippen LogP contribution is -2.35. The minimum Gasteiger partial charge on any atom is -0.490 e. The molecular formula is C27H32N2O7. The first-order valence-electron chi connectivity index (χ1n) is 12.4. The first kappa shape index (κ1) is 25.3. The fraction of sp³-hybridized carbons (Fsp3) is 0.444. The van der Waals surface area contributed by atoms with Crippen LogP contribution in [0.4, 0.5) is 5.69 Å². The van der Waals surface area contributed by atoms with Gasteiger partial charge in [0, 0.05) is 18.7 Å². The first-order chi connectivity index (χ1) is 17.5. The highest BCUT2D eigenvalue weighted by Crippen LogP contribution is 2.38. The molecule has 0 aromatic heterocycles. The number of esters is 2. The summed E-state index contributed by atoms with van der Waals surface area (Å²) in [6.07, 6.45) is 2.59. The van der Waals surface area contributed by atoms with Crippen LogP contribution in [0.25, 0.3) is 0 Å². The average molecular weight is 497 g/mol. The fourth-order valence-electron chi connectivity index (χ4n) is 4.47. The highest BCUT2D eigenvalue weighted by atomic mass is 16.5. The number of fused-ring (bicyclic) bond motifs is 1. The number of nitrogens with one attached hydrogen (secondary N) is 1. The van der Waals surface area contributed by atoms with Gasteiger partial charge in [0.25, 0.3) is 0 Å². The molecule has 0 radical (unpaired) electrons. The van der Waals surface area contributed by atoms with Crippen LogP contribution < -0.4 is 14.8 Å². The molecule has 2 aliphatic heterocycles. The van der Waals surface area contributed by atoms with Gasteiger partial charge in [-0.2, -0.15) is 0 Å². The molecule has 2 heterocycles. The van der Waals surface area contributed by atoms with Gasteiger partial charge in [-0.1, -0.05) is 6.07 Å². The van der Waals surface area contributed by atoms with Crippen molar-refractivity contribution in [1.82, 2.24) is 4.90 Å². The Hall–Kier alpha value is -3.75. The summed E-state index contributed by atoms with van der Waals surface area (Å²) in [5.41, 5.74) is 1.90. The van der Waals surface area contributed by atoms with E-state index in [-0.39, 0.29) is 42.8 Å². The number of likely N-dealkylation sites (tertiary alicyclic amines) is 1. The second-order valence-corrected chi connectivity index (χ2v) is 8.60. The second-order valence-electron chi connectivity index (χ2n) is 8.60. The Morgan fingerprint density at radius 3 is 2.25 bits per heavy atom. The van der Waals surface area contributed by atoms with Crippen molar-refractivity contribution in [2.75, 3.05) is 44.8 Å². The molecule has 0 aliphatic carbocycles. The van der Waals surface area contributed by atoms with E-state index in [0.717, 1.165) is 30.6 Å². The first-order valence-corrected chi connectivity index (χ1v) is 12.4. The molecule has 1 saturated heterocycles. The van der Waals surface area contributed by atoms with Gasteiger partial charge in [-0.25, -0.2) is 9.59 Å². The molecule has 2 aliphatic rings. The molecule has 0 bridgehead atoms. The third-order valence-electron chi connectivity index (χ3n) is 6.13. The molecule has 1 fully saturated rings. The smallest absolute Gasteiger partial charge is 0.338 e. The van der Waals surface area contributed by atoms with Crippen LogP contribution in [0.2, 0.25) is 0 Å². The van der Waals surface area contributed by atoms with Crippen LogP contribution in [0.15, 0.2) is 36.4 Å². The Kier molecular flexibility index (Phi) is 8.30. The Balaban J connectivity index is 1.48. The number of ether oxygens (including phenoxy) is 4. The van der Waals surface area contributed by atoms with Gasteiger partial charge in [-0.3, -0.25) is 4.79 Å². The predicted molar refractivity (Wildman–Crippen MR) is 133 cm³/mol. The number of hydrogen-bond donors (Lipinski definition) is 1. The summed E-state index contributed by atoms with van der Waals surface area (Å²) < 4.78 is 21.7. The summed E-state index contributed by atoms with van der Waals surface area (Å²) in [5, 5.41) is 3.07. The topological polar surface area (TPSA) is 103 Å². The zero-order valence-electron chi connectivity index (χ0n) is 20.7. The number of amides is 1. The van der Waals surface area contributed by atoms with Crippen molar-refractivity contribution in [1.29, 1.82) is 0 Å². The van der Waals surface area contributed by atoms with Crippen LogP contribution in [-0.4, -0.2) is 62.3 Å². The average Bonchev–Trinajstić information content (AvgIpc) is 3.26. The number of nitrogens with zero attached hydrogens (tertiary/aromatic N) is 1. The molecule has 9 heteroatoms. The molecule has 1 atom stereocenters. The van der Waals surface area contributed by atoms with Gasteiger partial charge >= 0.3 is 11.9 Å². The van der Waals surface area contributed by atoms with Gasteiger partial charge in [0.05, 0.1) is 50.1 Å². The van der Waals surface area contributed by atoms with E-state index in [1.165, 1.54) is 6.07 Å². The maximum absolute atomic E-state index is 13.2. The Morgan fingerprint density at radius 2 is 1.58 bits per heavy atom. The molecule has 1 unspecified atom stereocenters. The largest absolute Gasteiger partial charge is 0.490 e. The molecule has 1 amide bonds. The molecule has 192 valence electrons. The van der Waals surface area contributed by atoms with E-state index in [2.05, 4.69) is 5.32 Å². The van der Waals surface area contributed by atoms with Crippen LogP contribution in [0.3, 0.4) is 0 Å². The van der Waals surface area contributed by atoms with Crippen molar-refractivity contribution in [3.05, 3.63) is 53.1 Å². The number of rotatable bonds is 8. The molecule has 36 heavy (non-hydrogen) atoms. The third kappa shape index (κ3) is 5.90. The number of carbonyl (C=O) groups is 3. The Bertz CT molecular complexity index is 1080. The summed E-state index contributed by atoms with van der Waals surface area (Å²) in [6, 6.07) is 10.4. The van der Waals surface area contributed by atoms with E-state index in [4.69, 9.17) is 18.9 Å².